The van der Waals surface area contributed by atoms with Crippen LogP contribution in [0.4, 0.5) is 0 Å². The van der Waals surface area contributed by atoms with Gasteiger partial charge in [-0.25, -0.2) is 0 Å². The highest BCUT2D eigenvalue weighted by molar-refractivity contribution is 5.94. The molecule has 4 aliphatic rings. The third-order valence-corrected chi connectivity index (χ3v) is 7.09. The SMILES string of the molecule is Cc1nn(C(=O)c2ccnn2C)c(C)c1C12CC3CC(CC(C3)C1)C2. The molecule has 0 spiro atoms. The molecule has 4 saturated carbocycles. The van der Waals surface area contributed by atoms with E-state index >= 15 is 0 Å². The molecule has 0 saturated heterocycles. The molecule has 4 bridgehead atoms. The smallest absolute Gasteiger partial charge is 0.265 e. The first-order valence-electron chi connectivity index (χ1n) is 9.56. The van der Waals surface area contributed by atoms with Crippen molar-refractivity contribution in [1.82, 2.24) is 19.6 Å². The molecule has 0 atom stereocenters. The van der Waals surface area contributed by atoms with E-state index < -0.39 is 0 Å². The number of carbonyl (C=O) groups excluding carboxylic acids is 1. The van der Waals surface area contributed by atoms with E-state index in [2.05, 4.69) is 18.9 Å². The minimum Gasteiger partial charge on any atom is -0.265 e. The van der Waals surface area contributed by atoms with Gasteiger partial charge in [0.2, 0.25) is 0 Å². The fourth-order valence-electron chi connectivity index (χ4n) is 6.72. The van der Waals surface area contributed by atoms with Crippen LogP contribution < -0.4 is 0 Å². The molecule has 5 nitrogen and oxygen atoms in total. The Morgan fingerprint density at radius 1 is 1.12 bits per heavy atom. The van der Waals surface area contributed by atoms with Crippen molar-refractivity contribution in [1.29, 1.82) is 0 Å². The van der Waals surface area contributed by atoms with Gasteiger partial charge in [0.25, 0.3) is 5.91 Å². The average molecular weight is 338 g/mol. The van der Waals surface area contributed by atoms with E-state index in [0.29, 0.717) is 5.69 Å². The molecular formula is C20H26N4O. The first-order chi connectivity index (χ1) is 12.0. The molecule has 4 aliphatic carbocycles. The molecule has 2 aromatic heterocycles. The first-order valence-corrected chi connectivity index (χ1v) is 9.56. The summed E-state index contributed by atoms with van der Waals surface area (Å²) in [7, 11) is 1.80. The maximum absolute atomic E-state index is 13.0. The van der Waals surface area contributed by atoms with Crippen molar-refractivity contribution >= 4 is 5.91 Å². The predicted molar refractivity (Wildman–Crippen MR) is 94.5 cm³/mol. The molecule has 0 aromatic carbocycles. The standard InChI is InChI=1S/C20H26N4O/c1-12-18(20-9-14-6-15(10-20)8-16(7-14)11-20)13(2)24(22-12)19(25)17-4-5-21-23(17)3/h4-5,14-16H,6-11H2,1-3H3. The number of hydrogen-bond donors (Lipinski definition) is 0. The van der Waals surface area contributed by atoms with Crippen LogP contribution in [0.3, 0.4) is 0 Å². The van der Waals surface area contributed by atoms with Crippen LogP contribution in [0, 0.1) is 31.6 Å². The minimum absolute atomic E-state index is 0.0726. The number of rotatable bonds is 2. The second-order valence-corrected chi connectivity index (χ2v) is 8.80. The maximum Gasteiger partial charge on any atom is 0.296 e. The Morgan fingerprint density at radius 2 is 1.72 bits per heavy atom. The van der Waals surface area contributed by atoms with Crippen molar-refractivity contribution < 1.29 is 4.79 Å². The van der Waals surface area contributed by atoms with Crippen LogP contribution in [-0.4, -0.2) is 25.5 Å². The summed E-state index contributed by atoms with van der Waals surface area (Å²) in [5.74, 6) is 2.60. The summed E-state index contributed by atoms with van der Waals surface area (Å²) in [5.41, 5.74) is 4.33. The van der Waals surface area contributed by atoms with E-state index in [9.17, 15) is 4.79 Å². The quantitative estimate of drug-likeness (QED) is 0.843. The lowest BCUT2D eigenvalue weighted by molar-refractivity contribution is -0.00576. The summed E-state index contributed by atoms with van der Waals surface area (Å²) in [5, 5.41) is 8.82. The van der Waals surface area contributed by atoms with Crippen molar-refractivity contribution in [3.05, 3.63) is 34.9 Å². The van der Waals surface area contributed by atoms with Crippen molar-refractivity contribution in [2.45, 2.75) is 57.8 Å². The van der Waals surface area contributed by atoms with E-state index in [0.717, 1.165) is 29.1 Å². The van der Waals surface area contributed by atoms with E-state index in [1.165, 1.54) is 44.1 Å². The summed E-state index contributed by atoms with van der Waals surface area (Å²) in [6.07, 6.45) is 9.85. The molecule has 6 rings (SSSR count). The van der Waals surface area contributed by atoms with Gasteiger partial charge in [0.15, 0.2) is 0 Å². The molecular weight excluding hydrogens is 312 g/mol. The van der Waals surface area contributed by atoms with Gasteiger partial charge in [0, 0.05) is 24.5 Å². The number of carbonyl (C=O) groups is 1. The summed E-state index contributed by atoms with van der Waals surface area (Å²) < 4.78 is 3.25. The molecule has 0 amide bonds. The lowest BCUT2D eigenvalue weighted by Crippen LogP contribution is -2.49. The number of hydrogen-bond acceptors (Lipinski definition) is 3. The normalized spacial score (nSPS) is 33.2. The molecule has 0 unspecified atom stereocenters. The average Bonchev–Trinajstić information content (AvgIpc) is 3.08. The molecule has 132 valence electrons. The maximum atomic E-state index is 13.0. The lowest BCUT2D eigenvalue weighted by Gasteiger charge is -2.57. The Hall–Kier alpha value is -1.91. The van der Waals surface area contributed by atoms with Gasteiger partial charge >= 0.3 is 0 Å². The van der Waals surface area contributed by atoms with E-state index in [4.69, 9.17) is 5.10 Å². The van der Waals surface area contributed by atoms with Gasteiger partial charge in [-0.15, -0.1) is 0 Å². The highest BCUT2D eigenvalue weighted by atomic mass is 16.2. The van der Waals surface area contributed by atoms with E-state index in [-0.39, 0.29) is 11.3 Å². The fraction of sp³-hybridized carbons (Fsp3) is 0.650. The van der Waals surface area contributed by atoms with Gasteiger partial charge < -0.3 is 0 Å². The largest absolute Gasteiger partial charge is 0.296 e. The summed E-state index contributed by atoms with van der Waals surface area (Å²) in [4.78, 5) is 13.0. The molecule has 0 radical (unpaired) electrons. The summed E-state index contributed by atoms with van der Waals surface area (Å²) >= 11 is 0. The Morgan fingerprint density at radius 3 is 2.24 bits per heavy atom. The van der Waals surface area contributed by atoms with Gasteiger partial charge in [-0.3, -0.25) is 9.48 Å². The Bertz CT molecular complexity index is 824. The highest BCUT2D eigenvalue weighted by Gasteiger charge is 2.53. The summed E-state index contributed by atoms with van der Waals surface area (Å²) in [6.45, 7) is 4.18. The fourth-order valence-corrected chi connectivity index (χ4v) is 6.72. The third kappa shape index (κ3) is 2.10. The monoisotopic (exact) mass is 338 g/mol. The molecule has 25 heavy (non-hydrogen) atoms. The van der Waals surface area contributed by atoms with Gasteiger partial charge in [0.1, 0.15) is 5.69 Å². The molecule has 2 aromatic rings. The third-order valence-electron chi connectivity index (χ3n) is 7.09. The Kier molecular flexibility index (Phi) is 3.10. The molecule has 2 heterocycles. The van der Waals surface area contributed by atoms with Crippen LogP contribution >= 0.6 is 0 Å². The van der Waals surface area contributed by atoms with Crippen LogP contribution in [-0.2, 0) is 12.5 Å². The molecule has 0 N–H and O–H groups in total. The summed E-state index contributed by atoms with van der Waals surface area (Å²) in [6, 6.07) is 1.77. The van der Waals surface area contributed by atoms with Gasteiger partial charge in [-0.1, -0.05) is 0 Å². The van der Waals surface area contributed by atoms with E-state index in [1.54, 1.807) is 28.7 Å². The van der Waals surface area contributed by atoms with Gasteiger partial charge in [-0.05, 0) is 81.6 Å². The van der Waals surface area contributed by atoms with Crippen LogP contribution in [0.25, 0.3) is 0 Å². The van der Waals surface area contributed by atoms with Crippen LogP contribution in [0.2, 0.25) is 0 Å². The lowest BCUT2D eigenvalue weighted by atomic mass is 9.48. The number of aryl methyl sites for hydroxylation is 2. The van der Waals surface area contributed by atoms with Gasteiger partial charge in [0.05, 0.1) is 5.69 Å². The van der Waals surface area contributed by atoms with Gasteiger partial charge in [-0.2, -0.15) is 14.9 Å². The topological polar surface area (TPSA) is 52.7 Å². The molecule has 0 aliphatic heterocycles. The second-order valence-electron chi connectivity index (χ2n) is 8.80. The van der Waals surface area contributed by atoms with Crippen LogP contribution in [0.1, 0.15) is 66.0 Å². The van der Waals surface area contributed by atoms with Crippen molar-refractivity contribution in [2.24, 2.45) is 24.8 Å². The zero-order valence-corrected chi connectivity index (χ0v) is 15.3. The zero-order chi connectivity index (χ0) is 17.3. The van der Waals surface area contributed by atoms with Crippen molar-refractivity contribution in [2.75, 3.05) is 0 Å². The zero-order valence-electron chi connectivity index (χ0n) is 15.3. The van der Waals surface area contributed by atoms with E-state index in [1.807, 2.05) is 0 Å². The number of aromatic nitrogens is 4. The number of nitrogens with zero attached hydrogens (tertiary/aromatic N) is 4. The second kappa shape index (κ2) is 5.05. The predicted octanol–water partition coefficient (Wildman–Crippen LogP) is 3.39. The molecule has 4 fully saturated rings. The Labute approximate surface area is 148 Å². The minimum atomic E-state index is -0.0726. The van der Waals surface area contributed by atoms with Crippen molar-refractivity contribution in [3.8, 4) is 0 Å². The van der Waals surface area contributed by atoms with Crippen LogP contribution in [0.15, 0.2) is 12.3 Å². The van der Waals surface area contributed by atoms with Crippen LogP contribution in [0.5, 0.6) is 0 Å². The van der Waals surface area contributed by atoms with Crippen molar-refractivity contribution in [3.63, 3.8) is 0 Å². The first kappa shape index (κ1) is 15.4. The molecule has 5 heteroatoms. The highest BCUT2D eigenvalue weighted by Crippen LogP contribution is 2.61. The Balaban J connectivity index is 1.59.